The van der Waals surface area contributed by atoms with Crippen LogP contribution in [0.5, 0.6) is 11.6 Å². The number of rotatable bonds is 3. The standard InChI is InChI=1S/C8H8F3IN2O2/c1-15-5-2-6(16-8(9,10)11)14-4(3-13)7(5)12/h2H,3,13H2,1H3. The predicted octanol–water partition coefficient (Wildman–Crippen LogP) is 2.05. The number of aromatic nitrogens is 1. The molecule has 0 saturated carbocycles. The Bertz CT molecular complexity index is 359. The molecule has 2 N–H and O–H groups in total. The Labute approximate surface area is 103 Å². The molecule has 0 saturated heterocycles. The van der Waals surface area contributed by atoms with Crippen molar-refractivity contribution in [3.63, 3.8) is 0 Å². The maximum Gasteiger partial charge on any atom is 0.574 e. The van der Waals surface area contributed by atoms with Crippen molar-refractivity contribution in [2.75, 3.05) is 7.11 Å². The zero-order chi connectivity index (χ0) is 12.3. The lowest BCUT2D eigenvalue weighted by molar-refractivity contribution is -0.276. The minimum Gasteiger partial charge on any atom is -0.495 e. The Morgan fingerprint density at radius 3 is 2.56 bits per heavy atom. The second-order valence-corrected chi connectivity index (χ2v) is 3.75. The molecule has 0 aliphatic carbocycles. The number of pyridine rings is 1. The van der Waals surface area contributed by atoms with Gasteiger partial charge >= 0.3 is 6.36 Å². The van der Waals surface area contributed by atoms with Crippen LogP contribution in [0.1, 0.15) is 5.69 Å². The van der Waals surface area contributed by atoms with E-state index in [-0.39, 0.29) is 12.3 Å². The van der Waals surface area contributed by atoms with Gasteiger partial charge in [0.1, 0.15) is 5.75 Å². The van der Waals surface area contributed by atoms with E-state index >= 15 is 0 Å². The van der Waals surface area contributed by atoms with Gasteiger partial charge in [0.2, 0.25) is 5.88 Å². The molecule has 1 aromatic heterocycles. The highest BCUT2D eigenvalue weighted by Crippen LogP contribution is 2.29. The monoisotopic (exact) mass is 348 g/mol. The molecule has 0 amide bonds. The number of methoxy groups -OCH3 is 1. The van der Waals surface area contributed by atoms with Crippen LogP contribution in [0.15, 0.2) is 6.07 Å². The van der Waals surface area contributed by atoms with Gasteiger partial charge in [0, 0.05) is 12.6 Å². The Balaban J connectivity index is 3.12. The van der Waals surface area contributed by atoms with Gasteiger partial charge in [-0.25, -0.2) is 4.98 Å². The minimum absolute atomic E-state index is 0.00366. The van der Waals surface area contributed by atoms with Gasteiger partial charge in [0.05, 0.1) is 16.4 Å². The predicted molar refractivity (Wildman–Crippen MR) is 58.1 cm³/mol. The van der Waals surface area contributed by atoms with E-state index in [1.807, 2.05) is 22.6 Å². The summed E-state index contributed by atoms with van der Waals surface area (Å²) in [4.78, 5) is 3.63. The number of nitrogens with zero attached hydrogens (tertiary/aromatic N) is 1. The van der Waals surface area contributed by atoms with Crippen molar-refractivity contribution in [2.24, 2.45) is 5.73 Å². The van der Waals surface area contributed by atoms with Crippen molar-refractivity contribution >= 4 is 22.6 Å². The van der Waals surface area contributed by atoms with Crippen molar-refractivity contribution in [1.82, 2.24) is 4.98 Å². The van der Waals surface area contributed by atoms with Crippen molar-refractivity contribution in [2.45, 2.75) is 12.9 Å². The number of ether oxygens (including phenoxy) is 2. The second kappa shape index (κ2) is 5.04. The van der Waals surface area contributed by atoms with Crippen LogP contribution in [0, 0.1) is 3.57 Å². The van der Waals surface area contributed by atoms with E-state index in [4.69, 9.17) is 10.5 Å². The molecule has 16 heavy (non-hydrogen) atoms. The molecule has 0 bridgehead atoms. The fourth-order valence-corrected chi connectivity index (χ4v) is 1.70. The molecule has 0 atom stereocenters. The zero-order valence-electron chi connectivity index (χ0n) is 8.14. The first kappa shape index (κ1) is 13.3. The van der Waals surface area contributed by atoms with Crippen LogP contribution < -0.4 is 15.2 Å². The quantitative estimate of drug-likeness (QED) is 0.850. The van der Waals surface area contributed by atoms with Gasteiger partial charge in [-0.05, 0) is 22.6 Å². The largest absolute Gasteiger partial charge is 0.574 e. The van der Waals surface area contributed by atoms with Crippen LogP contribution in [0.4, 0.5) is 13.2 Å². The molecule has 0 spiro atoms. The molecule has 1 aromatic rings. The second-order valence-electron chi connectivity index (χ2n) is 2.68. The Hall–Kier alpha value is -0.770. The maximum absolute atomic E-state index is 12.0. The third-order valence-corrected chi connectivity index (χ3v) is 2.76. The highest BCUT2D eigenvalue weighted by atomic mass is 127. The summed E-state index contributed by atoms with van der Waals surface area (Å²) in [6.45, 7) is 0.00366. The molecule has 90 valence electrons. The van der Waals surface area contributed by atoms with E-state index in [0.717, 1.165) is 6.07 Å². The van der Waals surface area contributed by atoms with Crippen LogP contribution in [-0.4, -0.2) is 18.5 Å². The molecule has 0 unspecified atom stereocenters. The third-order valence-electron chi connectivity index (χ3n) is 1.60. The molecule has 0 fully saturated rings. The molecule has 4 nitrogen and oxygen atoms in total. The highest BCUT2D eigenvalue weighted by molar-refractivity contribution is 14.1. The van der Waals surface area contributed by atoms with Gasteiger partial charge in [-0.15, -0.1) is 13.2 Å². The summed E-state index contributed by atoms with van der Waals surface area (Å²) in [5.74, 6) is -0.333. The van der Waals surface area contributed by atoms with E-state index in [9.17, 15) is 13.2 Å². The van der Waals surface area contributed by atoms with Crippen LogP contribution in [0.3, 0.4) is 0 Å². The summed E-state index contributed by atoms with van der Waals surface area (Å²) >= 11 is 1.89. The Kier molecular flexibility index (Phi) is 4.19. The lowest BCUT2D eigenvalue weighted by Crippen LogP contribution is -2.19. The normalized spacial score (nSPS) is 11.4. The summed E-state index contributed by atoms with van der Waals surface area (Å²) in [7, 11) is 1.34. The number of hydrogen-bond acceptors (Lipinski definition) is 4. The lowest BCUT2D eigenvalue weighted by atomic mass is 10.3. The zero-order valence-corrected chi connectivity index (χ0v) is 10.3. The fourth-order valence-electron chi connectivity index (χ4n) is 0.987. The number of halogens is 4. The van der Waals surface area contributed by atoms with Gasteiger partial charge in [0.15, 0.2) is 0 Å². The van der Waals surface area contributed by atoms with Gasteiger partial charge in [-0.2, -0.15) is 0 Å². The summed E-state index contributed by atoms with van der Waals surface area (Å²) in [5.41, 5.74) is 5.64. The molecule has 0 radical (unpaired) electrons. The summed E-state index contributed by atoms with van der Waals surface area (Å²) in [6, 6.07) is 1.06. The Morgan fingerprint density at radius 2 is 2.12 bits per heavy atom. The SMILES string of the molecule is COc1cc(OC(F)(F)F)nc(CN)c1I. The van der Waals surface area contributed by atoms with Crippen LogP contribution in [0.25, 0.3) is 0 Å². The van der Waals surface area contributed by atoms with Crippen molar-refractivity contribution < 1.29 is 22.6 Å². The molecular weight excluding hydrogens is 340 g/mol. The van der Waals surface area contributed by atoms with Gasteiger partial charge in [-0.3, -0.25) is 0 Å². The van der Waals surface area contributed by atoms with Crippen LogP contribution in [0.2, 0.25) is 0 Å². The minimum atomic E-state index is -4.78. The van der Waals surface area contributed by atoms with Crippen LogP contribution in [-0.2, 0) is 6.54 Å². The Morgan fingerprint density at radius 1 is 1.50 bits per heavy atom. The van der Waals surface area contributed by atoms with E-state index in [2.05, 4.69) is 9.72 Å². The van der Waals surface area contributed by atoms with Gasteiger partial charge in [0.25, 0.3) is 0 Å². The van der Waals surface area contributed by atoms with E-state index in [1.165, 1.54) is 7.11 Å². The first-order chi connectivity index (χ1) is 7.37. The fraction of sp³-hybridized carbons (Fsp3) is 0.375. The molecule has 1 rings (SSSR count). The van der Waals surface area contributed by atoms with Gasteiger partial charge in [-0.1, -0.05) is 0 Å². The third kappa shape index (κ3) is 3.37. The summed E-state index contributed by atoms with van der Waals surface area (Å²) < 4.78 is 45.1. The van der Waals surface area contributed by atoms with Crippen molar-refractivity contribution in [3.05, 3.63) is 15.3 Å². The van der Waals surface area contributed by atoms with Crippen molar-refractivity contribution in [1.29, 1.82) is 0 Å². The number of nitrogens with two attached hydrogens (primary N) is 1. The van der Waals surface area contributed by atoms with E-state index < -0.39 is 12.2 Å². The van der Waals surface area contributed by atoms with E-state index in [1.54, 1.807) is 0 Å². The van der Waals surface area contributed by atoms with Crippen LogP contribution >= 0.6 is 22.6 Å². The first-order valence-electron chi connectivity index (χ1n) is 4.06. The van der Waals surface area contributed by atoms with Crippen molar-refractivity contribution in [3.8, 4) is 11.6 Å². The molecular formula is C8H8F3IN2O2. The average Bonchev–Trinajstić information content (AvgIpc) is 2.18. The molecule has 1 heterocycles. The topological polar surface area (TPSA) is 57.4 Å². The van der Waals surface area contributed by atoms with E-state index in [0.29, 0.717) is 9.26 Å². The smallest absolute Gasteiger partial charge is 0.495 e. The number of alkyl halides is 3. The lowest BCUT2D eigenvalue weighted by Gasteiger charge is -2.12. The number of hydrogen-bond donors (Lipinski definition) is 1. The average molecular weight is 348 g/mol. The maximum atomic E-state index is 12.0. The molecule has 0 aromatic carbocycles. The highest BCUT2D eigenvalue weighted by Gasteiger charge is 2.32. The summed E-state index contributed by atoms with van der Waals surface area (Å²) in [5, 5.41) is 0. The molecule has 0 aliphatic heterocycles. The molecule has 8 heteroatoms. The molecule has 0 aliphatic rings. The first-order valence-corrected chi connectivity index (χ1v) is 5.14. The van der Waals surface area contributed by atoms with Gasteiger partial charge < -0.3 is 15.2 Å². The summed E-state index contributed by atoms with van der Waals surface area (Å²) in [6.07, 6.45) is -4.78.